The van der Waals surface area contributed by atoms with Gasteiger partial charge in [0.05, 0.1) is 23.4 Å². The van der Waals surface area contributed by atoms with Crippen molar-refractivity contribution >= 4 is 21.7 Å². The number of nitrogens with one attached hydrogen (secondary N) is 1. The number of anilines is 1. The molecule has 0 aliphatic carbocycles. The summed E-state index contributed by atoms with van der Waals surface area (Å²) in [6.07, 6.45) is 2.42. The molecule has 9 heteroatoms. The van der Waals surface area contributed by atoms with Gasteiger partial charge in [-0.1, -0.05) is 30.3 Å². The molecule has 0 unspecified atom stereocenters. The molecule has 0 saturated carbocycles. The summed E-state index contributed by atoms with van der Waals surface area (Å²) in [4.78, 5) is 22.5. The fraction of sp³-hybridized carbons (Fsp3) is 0.421. The summed E-state index contributed by atoms with van der Waals surface area (Å²) in [7, 11) is -3.29. The largest absolute Gasteiger partial charge is 0.352 e. The van der Waals surface area contributed by atoms with E-state index >= 15 is 0 Å². The third-order valence-electron chi connectivity index (χ3n) is 5.54. The maximum absolute atomic E-state index is 13.1. The molecule has 3 atom stereocenters. The van der Waals surface area contributed by atoms with Gasteiger partial charge in [0.25, 0.3) is 0 Å². The van der Waals surface area contributed by atoms with Crippen LogP contribution < -0.4 is 10.2 Å². The first-order valence-electron chi connectivity index (χ1n) is 9.20. The Morgan fingerprint density at radius 3 is 2.61 bits per heavy atom. The van der Waals surface area contributed by atoms with Crippen molar-refractivity contribution in [2.24, 2.45) is 11.8 Å². The standard InChI is InChI=1S/C19H21FN4O3S/c20-14-9-22-19(23-10-14)24-11-16-15(6-7-28(26,27)17(16)12-24)18(25)21-8-13-4-2-1-3-5-13/h1-5,9-10,15-17H,6-8,11-12H2,(H,21,25)/t15-,16-,17-/m1/s1. The first-order valence-corrected chi connectivity index (χ1v) is 10.9. The fourth-order valence-electron chi connectivity index (χ4n) is 4.10. The minimum Gasteiger partial charge on any atom is -0.352 e. The van der Waals surface area contributed by atoms with E-state index in [1.54, 1.807) is 4.90 Å². The van der Waals surface area contributed by atoms with E-state index in [0.29, 0.717) is 19.5 Å². The van der Waals surface area contributed by atoms with Gasteiger partial charge in [-0.3, -0.25) is 4.79 Å². The summed E-state index contributed by atoms with van der Waals surface area (Å²) in [5, 5.41) is 2.30. The van der Waals surface area contributed by atoms with Crippen LogP contribution in [0.3, 0.4) is 0 Å². The maximum atomic E-state index is 13.1. The number of halogens is 1. The molecular formula is C19H21FN4O3S. The van der Waals surface area contributed by atoms with Gasteiger partial charge in [-0.05, 0) is 12.0 Å². The minimum atomic E-state index is -3.29. The van der Waals surface area contributed by atoms with Crippen LogP contribution in [0.25, 0.3) is 0 Å². The Hall–Kier alpha value is -2.55. The van der Waals surface area contributed by atoms with Crippen LogP contribution in [-0.2, 0) is 21.2 Å². The molecule has 3 heterocycles. The van der Waals surface area contributed by atoms with Crippen molar-refractivity contribution in [2.75, 3.05) is 23.7 Å². The zero-order valence-corrected chi connectivity index (χ0v) is 16.0. The van der Waals surface area contributed by atoms with Crippen molar-refractivity contribution in [3.63, 3.8) is 0 Å². The Kier molecular flexibility index (Phi) is 5.01. The zero-order valence-electron chi connectivity index (χ0n) is 15.2. The SMILES string of the molecule is O=C(NCc1ccccc1)[C@@H]1CCS(=O)(=O)[C@@H]2CN(c3ncc(F)cn3)C[C@@H]21. The zero-order chi connectivity index (χ0) is 19.7. The summed E-state index contributed by atoms with van der Waals surface area (Å²) in [6.45, 7) is 0.991. The minimum absolute atomic E-state index is 0.00426. The lowest BCUT2D eigenvalue weighted by Crippen LogP contribution is -2.47. The topological polar surface area (TPSA) is 92.3 Å². The molecule has 1 aromatic carbocycles. The molecule has 4 rings (SSSR count). The van der Waals surface area contributed by atoms with E-state index in [2.05, 4.69) is 15.3 Å². The van der Waals surface area contributed by atoms with Gasteiger partial charge >= 0.3 is 0 Å². The van der Waals surface area contributed by atoms with E-state index in [0.717, 1.165) is 18.0 Å². The molecule has 148 valence electrons. The number of amides is 1. The number of hydrogen-bond donors (Lipinski definition) is 1. The van der Waals surface area contributed by atoms with Crippen LogP contribution in [0.2, 0.25) is 0 Å². The van der Waals surface area contributed by atoms with Crippen molar-refractivity contribution in [3.05, 3.63) is 54.1 Å². The fourth-order valence-corrected chi connectivity index (χ4v) is 6.20. The first kappa shape index (κ1) is 18.8. The number of benzene rings is 1. The lowest BCUT2D eigenvalue weighted by atomic mass is 9.87. The summed E-state index contributed by atoms with van der Waals surface area (Å²) in [6, 6.07) is 9.58. The lowest BCUT2D eigenvalue weighted by molar-refractivity contribution is -0.126. The van der Waals surface area contributed by atoms with E-state index in [1.165, 1.54) is 0 Å². The van der Waals surface area contributed by atoms with E-state index in [9.17, 15) is 17.6 Å². The monoisotopic (exact) mass is 404 g/mol. The Morgan fingerprint density at radius 1 is 1.18 bits per heavy atom. The number of hydrogen-bond acceptors (Lipinski definition) is 6. The van der Waals surface area contributed by atoms with Gasteiger partial charge in [0.1, 0.15) is 0 Å². The van der Waals surface area contributed by atoms with Gasteiger partial charge in [0.2, 0.25) is 11.9 Å². The molecular weight excluding hydrogens is 383 g/mol. The van der Waals surface area contributed by atoms with Crippen molar-refractivity contribution in [3.8, 4) is 0 Å². The van der Waals surface area contributed by atoms with E-state index < -0.39 is 20.9 Å². The summed E-state index contributed by atoms with van der Waals surface area (Å²) >= 11 is 0. The summed E-state index contributed by atoms with van der Waals surface area (Å²) < 4.78 is 38.3. The van der Waals surface area contributed by atoms with Gasteiger partial charge < -0.3 is 10.2 Å². The average molecular weight is 404 g/mol. The molecule has 7 nitrogen and oxygen atoms in total. The highest BCUT2D eigenvalue weighted by atomic mass is 32.2. The molecule has 0 radical (unpaired) electrons. The number of carbonyl (C=O) groups is 1. The molecule has 2 fully saturated rings. The van der Waals surface area contributed by atoms with Gasteiger partial charge in [-0.25, -0.2) is 22.8 Å². The molecule has 1 amide bonds. The number of rotatable bonds is 4. The molecule has 2 aromatic rings. The first-order chi connectivity index (χ1) is 13.4. The van der Waals surface area contributed by atoms with Crippen molar-refractivity contribution < 1.29 is 17.6 Å². The van der Waals surface area contributed by atoms with Gasteiger partial charge in [-0.2, -0.15) is 0 Å². The maximum Gasteiger partial charge on any atom is 0.225 e. The van der Waals surface area contributed by atoms with Crippen molar-refractivity contribution in [2.45, 2.75) is 18.2 Å². The number of nitrogens with zero attached hydrogens (tertiary/aromatic N) is 3. The van der Waals surface area contributed by atoms with Crippen molar-refractivity contribution in [1.29, 1.82) is 0 Å². The van der Waals surface area contributed by atoms with Gasteiger partial charge in [0.15, 0.2) is 15.7 Å². The van der Waals surface area contributed by atoms with Crippen LogP contribution in [0.5, 0.6) is 0 Å². The second kappa shape index (κ2) is 7.46. The highest BCUT2D eigenvalue weighted by Crippen LogP contribution is 2.38. The molecule has 0 bridgehead atoms. The predicted octanol–water partition coefficient (Wildman–Crippen LogP) is 1.17. The number of aromatic nitrogens is 2. The summed E-state index contributed by atoms with van der Waals surface area (Å²) in [5.41, 5.74) is 0.989. The Bertz CT molecular complexity index is 953. The number of carbonyl (C=O) groups excluding carboxylic acids is 1. The van der Waals surface area contributed by atoms with Crippen LogP contribution in [0.15, 0.2) is 42.7 Å². The number of sulfone groups is 1. The quantitative estimate of drug-likeness (QED) is 0.823. The molecule has 28 heavy (non-hydrogen) atoms. The normalized spacial score (nSPS) is 25.9. The van der Waals surface area contributed by atoms with E-state index in [1.807, 2.05) is 30.3 Å². The molecule has 2 aliphatic rings. The van der Waals surface area contributed by atoms with E-state index in [4.69, 9.17) is 0 Å². The highest BCUT2D eigenvalue weighted by Gasteiger charge is 2.50. The predicted molar refractivity (Wildman–Crippen MR) is 102 cm³/mol. The second-order valence-electron chi connectivity index (χ2n) is 7.27. The lowest BCUT2D eigenvalue weighted by Gasteiger charge is -2.31. The molecule has 0 spiro atoms. The molecule has 2 aliphatic heterocycles. The van der Waals surface area contributed by atoms with Crippen molar-refractivity contribution in [1.82, 2.24) is 15.3 Å². The van der Waals surface area contributed by atoms with Crippen LogP contribution in [0.4, 0.5) is 10.3 Å². The molecule has 2 saturated heterocycles. The number of fused-ring (bicyclic) bond motifs is 1. The average Bonchev–Trinajstić information content (AvgIpc) is 3.14. The third-order valence-corrected chi connectivity index (χ3v) is 7.76. The van der Waals surface area contributed by atoms with Gasteiger partial charge in [0, 0.05) is 31.5 Å². The van der Waals surface area contributed by atoms with Gasteiger partial charge in [-0.15, -0.1) is 0 Å². The Balaban J connectivity index is 1.50. The summed E-state index contributed by atoms with van der Waals surface area (Å²) in [5.74, 6) is -1.11. The third kappa shape index (κ3) is 3.71. The highest BCUT2D eigenvalue weighted by molar-refractivity contribution is 7.92. The van der Waals surface area contributed by atoms with Crippen LogP contribution >= 0.6 is 0 Å². The second-order valence-corrected chi connectivity index (χ2v) is 9.61. The Labute approximate surface area is 162 Å². The van der Waals surface area contributed by atoms with E-state index in [-0.39, 0.29) is 36.0 Å². The van der Waals surface area contributed by atoms with Crippen LogP contribution in [0, 0.1) is 17.7 Å². The molecule has 1 aromatic heterocycles. The van der Waals surface area contributed by atoms with Crippen LogP contribution in [0.1, 0.15) is 12.0 Å². The molecule has 1 N–H and O–H groups in total. The van der Waals surface area contributed by atoms with Crippen LogP contribution in [-0.4, -0.2) is 48.4 Å². The Morgan fingerprint density at radius 2 is 1.89 bits per heavy atom. The smallest absolute Gasteiger partial charge is 0.225 e.